The summed E-state index contributed by atoms with van der Waals surface area (Å²) in [5.41, 5.74) is 0.213. The number of fused-ring (bicyclic) bond motifs is 2. The van der Waals surface area contributed by atoms with Crippen molar-refractivity contribution in [2.45, 2.75) is 6.61 Å². The zero-order valence-corrected chi connectivity index (χ0v) is 14.4. The largest absolute Gasteiger partial charge is 0.481 e. The van der Waals surface area contributed by atoms with Gasteiger partial charge in [0, 0.05) is 23.0 Å². The SMILES string of the molecule is O=C(COc1cccc2ccccc12)OCc1cc(=O)n2ccsc2n1. The molecule has 4 rings (SSSR count). The average molecular weight is 366 g/mol. The maximum absolute atomic E-state index is 12.0. The van der Waals surface area contributed by atoms with Gasteiger partial charge >= 0.3 is 5.97 Å². The van der Waals surface area contributed by atoms with E-state index in [2.05, 4.69) is 4.98 Å². The molecular weight excluding hydrogens is 352 g/mol. The van der Waals surface area contributed by atoms with Gasteiger partial charge in [-0.1, -0.05) is 36.4 Å². The Morgan fingerprint density at radius 2 is 2.00 bits per heavy atom. The summed E-state index contributed by atoms with van der Waals surface area (Å²) in [6.07, 6.45) is 1.66. The maximum Gasteiger partial charge on any atom is 0.344 e. The molecule has 2 aromatic heterocycles. The predicted molar refractivity (Wildman–Crippen MR) is 98.6 cm³/mol. The Morgan fingerprint density at radius 1 is 1.15 bits per heavy atom. The van der Waals surface area contributed by atoms with Crippen molar-refractivity contribution >= 4 is 33.0 Å². The van der Waals surface area contributed by atoms with Crippen molar-refractivity contribution < 1.29 is 14.3 Å². The molecule has 0 aliphatic heterocycles. The van der Waals surface area contributed by atoms with E-state index >= 15 is 0 Å². The Kier molecular flexibility index (Phi) is 4.37. The van der Waals surface area contributed by atoms with Crippen LogP contribution in [0.2, 0.25) is 0 Å². The summed E-state index contributed by atoms with van der Waals surface area (Å²) < 4.78 is 12.2. The molecule has 0 saturated carbocycles. The van der Waals surface area contributed by atoms with Gasteiger partial charge in [0.1, 0.15) is 12.4 Å². The minimum atomic E-state index is -0.522. The van der Waals surface area contributed by atoms with Gasteiger partial charge in [-0.15, -0.1) is 11.3 Å². The first-order valence-corrected chi connectivity index (χ1v) is 8.81. The van der Waals surface area contributed by atoms with Gasteiger partial charge in [-0.2, -0.15) is 0 Å². The quantitative estimate of drug-likeness (QED) is 0.508. The van der Waals surface area contributed by atoms with Crippen LogP contribution in [-0.2, 0) is 16.1 Å². The fourth-order valence-electron chi connectivity index (χ4n) is 2.62. The van der Waals surface area contributed by atoms with Gasteiger partial charge in [-0.25, -0.2) is 9.78 Å². The minimum absolute atomic E-state index is 0.0681. The van der Waals surface area contributed by atoms with E-state index in [1.165, 1.54) is 21.8 Å². The van der Waals surface area contributed by atoms with E-state index in [0.29, 0.717) is 16.4 Å². The van der Waals surface area contributed by atoms with Gasteiger partial charge in [0.2, 0.25) is 0 Å². The molecule has 0 fully saturated rings. The van der Waals surface area contributed by atoms with Gasteiger partial charge in [0.05, 0.1) is 5.69 Å². The Hall–Kier alpha value is -3.19. The molecule has 130 valence electrons. The molecule has 4 aromatic rings. The molecule has 6 nitrogen and oxygen atoms in total. The highest BCUT2D eigenvalue weighted by Crippen LogP contribution is 2.25. The summed E-state index contributed by atoms with van der Waals surface area (Å²) in [7, 11) is 0. The van der Waals surface area contributed by atoms with Crippen LogP contribution in [0.4, 0.5) is 0 Å². The number of hydrogen-bond donors (Lipinski definition) is 0. The number of carbonyl (C=O) groups excluding carboxylic acids is 1. The monoisotopic (exact) mass is 366 g/mol. The van der Waals surface area contributed by atoms with Crippen molar-refractivity contribution in [1.82, 2.24) is 9.38 Å². The van der Waals surface area contributed by atoms with Crippen molar-refractivity contribution in [3.63, 3.8) is 0 Å². The van der Waals surface area contributed by atoms with Crippen LogP contribution in [0.15, 0.2) is 64.9 Å². The lowest BCUT2D eigenvalue weighted by molar-refractivity contribution is -0.147. The summed E-state index contributed by atoms with van der Waals surface area (Å²) in [4.78, 5) is 28.7. The van der Waals surface area contributed by atoms with Crippen molar-refractivity contribution in [2.24, 2.45) is 0 Å². The van der Waals surface area contributed by atoms with Crippen LogP contribution in [0.25, 0.3) is 15.7 Å². The van der Waals surface area contributed by atoms with Gasteiger partial charge in [-0.05, 0) is 11.5 Å². The zero-order chi connectivity index (χ0) is 17.9. The molecule has 0 atom stereocenters. The fourth-order valence-corrected chi connectivity index (χ4v) is 3.35. The van der Waals surface area contributed by atoms with E-state index in [4.69, 9.17) is 9.47 Å². The number of esters is 1. The second-order valence-corrected chi connectivity index (χ2v) is 6.44. The summed E-state index contributed by atoms with van der Waals surface area (Å²) >= 11 is 1.35. The predicted octanol–water partition coefficient (Wildman–Crippen LogP) is 3.03. The van der Waals surface area contributed by atoms with Crippen LogP contribution < -0.4 is 10.3 Å². The van der Waals surface area contributed by atoms with Gasteiger partial charge in [0.15, 0.2) is 11.6 Å². The van der Waals surface area contributed by atoms with Crippen LogP contribution in [0.5, 0.6) is 5.75 Å². The van der Waals surface area contributed by atoms with Crippen molar-refractivity contribution in [1.29, 1.82) is 0 Å². The van der Waals surface area contributed by atoms with Crippen molar-refractivity contribution in [3.05, 3.63) is 76.2 Å². The summed E-state index contributed by atoms with van der Waals surface area (Å²) in [5.74, 6) is 0.0996. The molecule has 0 aliphatic carbocycles. The molecule has 7 heteroatoms. The lowest BCUT2D eigenvalue weighted by atomic mass is 10.1. The molecular formula is C19H14N2O4S. The summed E-state index contributed by atoms with van der Waals surface area (Å²) in [6.45, 7) is -0.282. The van der Waals surface area contributed by atoms with Crippen LogP contribution in [0.1, 0.15) is 5.69 Å². The minimum Gasteiger partial charge on any atom is -0.481 e. The van der Waals surface area contributed by atoms with Crippen LogP contribution in [0.3, 0.4) is 0 Å². The molecule has 2 heterocycles. The van der Waals surface area contributed by atoms with E-state index in [1.807, 2.05) is 42.5 Å². The lowest BCUT2D eigenvalue weighted by Gasteiger charge is -2.09. The van der Waals surface area contributed by atoms with Gasteiger partial charge in [-0.3, -0.25) is 9.20 Å². The topological polar surface area (TPSA) is 69.9 Å². The van der Waals surface area contributed by atoms with Crippen LogP contribution in [0, 0.1) is 0 Å². The third-order valence-electron chi connectivity index (χ3n) is 3.83. The highest BCUT2D eigenvalue weighted by molar-refractivity contribution is 7.15. The van der Waals surface area contributed by atoms with E-state index in [0.717, 1.165) is 10.8 Å². The number of nitrogens with zero attached hydrogens (tertiary/aromatic N) is 2. The molecule has 0 unspecified atom stereocenters. The third kappa shape index (κ3) is 3.29. The molecule has 0 radical (unpaired) electrons. The zero-order valence-electron chi connectivity index (χ0n) is 13.6. The first-order valence-electron chi connectivity index (χ1n) is 7.93. The van der Waals surface area contributed by atoms with Crippen molar-refractivity contribution in [2.75, 3.05) is 6.61 Å². The molecule has 26 heavy (non-hydrogen) atoms. The molecule has 0 spiro atoms. The van der Waals surface area contributed by atoms with E-state index in [9.17, 15) is 9.59 Å². The molecule has 0 saturated heterocycles. The maximum atomic E-state index is 12.0. The van der Waals surface area contributed by atoms with Gasteiger partial charge in [0.25, 0.3) is 5.56 Å². The number of hydrogen-bond acceptors (Lipinski definition) is 6. The Bertz CT molecular complexity index is 1140. The van der Waals surface area contributed by atoms with E-state index < -0.39 is 5.97 Å². The average Bonchev–Trinajstić information content (AvgIpc) is 3.14. The second-order valence-electron chi connectivity index (χ2n) is 5.57. The molecule has 0 amide bonds. The first kappa shape index (κ1) is 16.3. The number of aromatic nitrogens is 2. The number of rotatable bonds is 5. The first-order chi connectivity index (χ1) is 12.7. The summed E-state index contributed by atoms with van der Waals surface area (Å²) in [5, 5.41) is 3.74. The number of ether oxygens (including phenoxy) is 2. The Morgan fingerprint density at radius 3 is 2.92 bits per heavy atom. The number of carbonyl (C=O) groups is 1. The Balaban J connectivity index is 1.40. The van der Waals surface area contributed by atoms with Crippen LogP contribution >= 0.6 is 11.3 Å². The second kappa shape index (κ2) is 6.97. The molecule has 2 aromatic carbocycles. The number of thiazole rings is 1. The van der Waals surface area contributed by atoms with Crippen molar-refractivity contribution in [3.8, 4) is 5.75 Å². The van der Waals surface area contributed by atoms with E-state index in [-0.39, 0.29) is 18.8 Å². The Labute approximate surface area is 152 Å². The smallest absolute Gasteiger partial charge is 0.344 e. The lowest BCUT2D eigenvalue weighted by Crippen LogP contribution is -2.17. The molecule has 0 bridgehead atoms. The van der Waals surface area contributed by atoms with E-state index in [1.54, 1.807) is 11.6 Å². The highest BCUT2D eigenvalue weighted by atomic mass is 32.1. The highest BCUT2D eigenvalue weighted by Gasteiger charge is 2.09. The normalized spacial score (nSPS) is 10.9. The fraction of sp³-hybridized carbons (Fsp3) is 0.105. The summed E-state index contributed by atoms with van der Waals surface area (Å²) in [6, 6.07) is 14.8. The third-order valence-corrected chi connectivity index (χ3v) is 4.59. The number of benzene rings is 2. The molecule has 0 aliphatic rings. The van der Waals surface area contributed by atoms with Crippen LogP contribution in [-0.4, -0.2) is 22.0 Å². The van der Waals surface area contributed by atoms with Gasteiger partial charge < -0.3 is 9.47 Å². The standard InChI is InChI=1S/C19H14N2O4S/c22-17-10-14(20-19-21(17)8-9-26-19)11-25-18(23)12-24-16-7-3-5-13-4-1-2-6-15(13)16/h1-10H,11-12H2. The molecule has 0 N–H and O–H groups in total.